The summed E-state index contributed by atoms with van der Waals surface area (Å²) in [6.45, 7) is 4.70. The van der Waals surface area contributed by atoms with E-state index in [9.17, 15) is 0 Å². The quantitative estimate of drug-likeness (QED) is 0.893. The van der Waals surface area contributed by atoms with Crippen molar-refractivity contribution < 1.29 is 4.74 Å². The Bertz CT molecular complexity index is 592. The van der Waals surface area contributed by atoms with Crippen LogP contribution in [0.2, 0.25) is 5.02 Å². The smallest absolute Gasteiger partial charge is 0.238 e. The van der Waals surface area contributed by atoms with Gasteiger partial charge in [0.05, 0.1) is 0 Å². The highest BCUT2D eigenvalue weighted by Crippen LogP contribution is 2.32. The first-order valence-corrected chi connectivity index (χ1v) is 6.97. The molecule has 0 saturated heterocycles. The van der Waals surface area contributed by atoms with Crippen molar-refractivity contribution in [3.8, 4) is 11.6 Å². The van der Waals surface area contributed by atoms with Gasteiger partial charge in [-0.15, -0.1) is 0 Å². The van der Waals surface area contributed by atoms with E-state index in [-0.39, 0.29) is 0 Å². The lowest BCUT2D eigenvalue weighted by atomic mass is 10.2. The van der Waals surface area contributed by atoms with Gasteiger partial charge in [0.1, 0.15) is 22.4 Å². The minimum atomic E-state index is 0.465. The first-order chi connectivity index (χ1) is 9.11. The predicted molar refractivity (Wildman–Crippen MR) is 80.2 cm³/mol. The molecule has 0 saturated carbocycles. The van der Waals surface area contributed by atoms with Gasteiger partial charge in [0.2, 0.25) is 5.88 Å². The minimum absolute atomic E-state index is 0.465. The van der Waals surface area contributed by atoms with Gasteiger partial charge in [0.15, 0.2) is 0 Å². The Morgan fingerprint density at radius 2 is 2.16 bits per heavy atom. The van der Waals surface area contributed by atoms with Gasteiger partial charge in [-0.3, -0.25) is 0 Å². The van der Waals surface area contributed by atoms with Crippen LogP contribution < -0.4 is 10.1 Å². The van der Waals surface area contributed by atoms with E-state index >= 15 is 0 Å². The normalized spacial score (nSPS) is 10.3. The molecule has 1 N–H and O–H groups in total. The summed E-state index contributed by atoms with van der Waals surface area (Å²) in [6, 6.07) is 5.47. The number of hydrogen-bond acceptors (Lipinski definition) is 4. The van der Waals surface area contributed by atoms with E-state index in [1.807, 2.05) is 19.9 Å². The van der Waals surface area contributed by atoms with E-state index in [0.717, 1.165) is 12.1 Å². The molecule has 100 valence electrons. The topological polar surface area (TPSA) is 47.0 Å². The van der Waals surface area contributed by atoms with E-state index in [1.165, 1.54) is 6.33 Å². The van der Waals surface area contributed by atoms with Crippen LogP contribution in [0.1, 0.15) is 12.5 Å². The maximum Gasteiger partial charge on any atom is 0.238 e. The highest BCUT2D eigenvalue weighted by atomic mass is 79.9. The molecule has 1 heterocycles. The summed E-state index contributed by atoms with van der Waals surface area (Å²) in [5.41, 5.74) is 0.955. The molecular formula is C13H13BrClN3O. The SMILES string of the molecule is CCNc1ncnc(Oc2ccc(Cl)c(C)c2)c1Br. The molecule has 0 atom stereocenters. The lowest BCUT2D eigenvalue weighted by molar-refractivity contribution is 0.458. The third-order valence-electron chi connectivity index (χ3n) is 2.45. The van der Waals surface area contributed by atoms with Crippen LogP contribution in [0.3, 0.4) is 0 Å². The Hall–Kier alpha value is -1.33. The largest absolute Gasteiger partial charge is 0.438 e. The van der Waals surface area contributed by atoms with Crippen LogP contribution in [0.25, 0.3) is 0 Å². The molecule has 0 amide bonds. The van der Waals surface area contributed by atoms with Crippen molar-refractivity contribution in [1.82, 2.24) is 9.97 Å². The number of anilines is 1. The summed E-state index contributed by atoms with van der Waals surface area (Å²) in [5.74, 6) is 1.86. The molecule has 0 aliphatic heterocycles. The lowest BCUT2D eigenvalue weighted by Crippen LogP contribution is -2.02. The van der Waals surface area contributed by atoms with E-state index < -0.39 is 0 Å². The van der Waals surface area contributed by atoms with Crippen molar-refractivity contribution in [3.05, 3.63) is 39.6 Å². The van der Waals surface area contributed by atoms with Crippen LogP contribution in [0.4, 0.5) is 5.82 Å². The fraction of sp³-hybridized carbons (Fsp3) is 0.231. The van der Waals surface area contributed by atoms with Gasteiger partial charge in [-0.1, -0.05) is 11.6 Å². The molecule has 0 radical (unpaired) electrons. The Labute approximate surface area is 125 Å². The second-order valence-corrected chi connectivity index (χ2v) is 5.08. The van der Waals surface area contributed by atoms with Gasteiger partial charge in [0.25, 0.3) is 0 Å². The molecule has 0 aliphatic rings. The van der Waals surface area contributed by atoms with E-state index in [1.54, 1.807) is 12.1 Å². The first-order valence-electron chi connectivity index (χ1n) is 5.80. The summed E-state index contributed by atoms with van der Waals surface area (Å²) in [5, 5.41) is 3.83. The molecule has 6 heteroatoms. The van der Waals surface area contributed by atoms with Crippen LogP contribution in [0.5, 0.6) is 11.6 Å². The molecule has 19 heavy (non-hydrogen) atoms. The third-order valence-corrected chi connectivity index (χ3v) is 3.58. The third kappa shape index (κ3) is 3.36. The van der Waals surface area contributed by atoms with Gasteiger partial charge < -0.3 is 10.1 Å². The molecule has 0 fully saturated rings. The zero-order valence-electron chi connectivity index (χ0n) is 10.6. The zero-order valence-corrected chi connectivity index (χ0v) is 12.9. The highest BCUT2D eigenvalue weighted by Gasteiger charge is 2.10. The molecule has 1 aromatic carbocycles. The van der Waals surface area contributed by atoms with E-state index in [2.05, 4.69) is 31.2 Å². The predicted octanol–water partition coefficient (Wildman–Crippen LogP) is 4.43. The monoisotopic (exact) mass is 341 g/mol. The molecule has 0 aliphatic carbocycles. The fourth-order valence-corrected chi connectivity index (χ4v) is 2.05. The summed E-state index contributed by atoms with van der Waals surface area (Å²) >= 11 is 9.42. The molecular weight excluding hydrogens is 330 g/mol. The lowest BCUT2D eigenvalue weighted by Gasteiger charge is -2.10. The molecule has 1 aromatic heterocycles. The molecule has 2 aromatic rings. The van der Waals surface area contributed by atoms with Crippen molar-refractivity contribution in [2.24, 2.45) is 0 Å². The number of halogens is 2. The summed E-state index contributed by atoms with van der Waals surface area (Å²) < 4.78 is 6.43. The number of nitrogens with one attached hydrogen (secondary N) is 1. The van der Waals surface area contributed by atoms with E-state index in [4.69, 9.17) is 16.3 Å². The average molecular weight is 343 g/mol. The summed E-state index contributed by atoms with van der Waals surface area (Å²) in [4.78, 5) is 8.25. The summed E-state index contributed by atoms with van der Waals surface area (Å²) in [7, 11) is 0. The van der Waals surface area contributed by atoms with Gasteiger partial charge in [-0.25, -0.2) is 9.97 Å². The maximum atomic E-state index is 5.98. The van der Waals surface area contributed by atoms with Crippen molar-refractivity contribution >= 4 is 33.3 Å². The molecule has 0 spiro atoms. The number of aromatic nitrogens is 2. The molecule has 0 unspecified atom stereocenters. The van der Waals surface area contributed by atoms with E-state index in [0.29, 0.717) is 26.9 Å². The standard InChI is InChI=1S/C13H13BrClN3O/c1-3-16-12-11(14)13(18-7-17-12)19-9-4-5-10(15)8(2)6-9/h4-7H,3H2,1-2H3,(H,16,17,18). The summed E-state index contributed by atoms with van der Waals surface area (Å²) in [6.07, 6.45) is 1.46. The van der Waals surface area contributed by atoms with Crippen LogP contribution >= 0.6 is 27.5 Å². The minimum Gasteiger partial charge on any atom is -0.438 e. The van der Waals surface area contributed by atoms with Crippen molar-refractivity contribution in [1.29, 1.82) is 0 Å². The number of benzene rings is 1. The zero-order chi connectivity index (χ0) is 13.8. The van der Waals surface area contributed by atoms with Gasteiger partial charge in [-0.05, 0) is 53.5 Å². The highest BCUT2D eigenvalue weighted by molar-refractivity contribution is 9.10. The Morgan fingerprint density at radius 1 is 1.37 bits per heavy atom. The molecule has 4 nitrogen and oxygen atoms in total. The Kier molecular flexibility index (Phi) is 4.61. The molecule has 0 bridgehead atoms. The number of nitrogens with zero attached hydrogens (tertiary/aromatic N) is 2. The number of aryl methyl sites for hydroxylation is 1. The maximum absolute atomic E-state index is 5.98. The van der Waals surface area contributed by atoms with Crippen molar-refractivity contribution in [2.45, 2.75) is 13.8 Å². The van der Waals surface area contributed by atoms with Crippen molar-refractivity contribution in [2.75, 3.05) is 11.9 Å². The molecule has 2 rings (SSSR count). The Balaban J connectivity index is 2.27. The first kappa shape index (κ1) is 14.1. The number of ether oxygens (including phenoxy) is 1. The van der Waals surface area contributed by atoms with Crippen LogP contribution in [0.15, 0.2) is 29.0 Å². The fourth-order valence-electron chi connectivity index (χ4n) is 1.51. The number of hydrogen-bond donors (Lipinski definition) is 1. The van der Waals surface area contributed by atoms with Crippen LogP contribution in [-0.2, 0) is 0 Å². The van der Waals surface area contributed by atoms with Gasteiger partial charge >= 0.3 is 0 Å². The van der Waals surface area contributed by atoms with Gasteiger partial charge in [0, 0.05) is 11.6 Å². The second kappa shape index (κ2) is 6.21. The second-order valence-electron chi connectivity index (χ2n) is 3.88. The van der Waals surface area contributed by atoms with Crippen LogP contribution in [-0.4, -0.2) is 16.5 Å². The number of rotatable bonds is 4. The van der Waals surface area contributed by atoms with Crippen molar-refractivity contribution in [3.63, 3.8) is 0 Å². The Morgan fingerprint density at radius 3 is 2.84 bits per heavy atom. The van der Waals surface area contributed by atoms with Gasteiger partial charge in [-0.2, -0.15) is 0 Å². The van der Waals surface area contributed by atoms with Crippen LogP contribution in [0, 0.1) is 6.92 Å². The average Bonchev–Trinajstić information content (AvgIpc) is 2.39.